The molecule has 6 nitrogen and oxygen atoms in total. The second-order valence-electron chi connectivity index (χ2n) is 7.37. The maximum absolute atomic E-state index is 11.3. The lowest BCUT2D eigenvalue weighted by Crippen LogP contribution is -2.30. The Morgan fingerprint density at radius 2 is 2.19 bits per heavy atom. The predicted octanol–water partition coefficient (Wildman–Crippen LogP) is 3.24. The Balaban J connectivity index is 1.77. The molecule has 2 aliphatic rings. The maximum Gasteiger partial charge on any atom is 0.210 e. The summed E-state index contributed by atoms with van der Waals surface area (Å²) in [5.74, 6) is 1.35. The van der Waals surface area contributed by atoms with Crippen molar-refractivity contribution in [3.63, 3.8) is 0 Å². The highest BCUT2D eigenvalue weighted by Crippen LogP contribution is 2.43. The molecule has 0 aliphatic carbocycles. The molecule has 1 aromatic carbocycles. The fraction of sp³-hybridized carbons (Fsp3) is 0.381. The summed E-state index contributed by atoms with van der Waals surface area (Å²) in [5.41, 5.74) is 6.86. The molecule has 1 atom stereocenters. The number of nitrogens with one attached hydrogen (secondary N) is 1. The summed E-state index contributed by atoms with van der Waals surface area (Å²) in [7, 11) is 1.99. The first-order valence-electron chi connectivity index (χ1n) is 9.40. The molecule has 0 saturated heterocycles. The van der Waals surface area contributed by atoms with Gasteiger partial charge in [0.05, 0.1) is 6.54 Å². The van der Waals surface area contributed by atoms with Crippen LogP contribution in [0.15, 0.2) is 24.3 Å². The van der Waals surface area contributed by atoms with Gasteiger partial charge in [-0.25, -0.2) is 0 Å². The zero-order valence-corrected chi connectivity index (χ0v) is 16.1. The average Bonchev–Trinajstić information content (AvgIpc) is 3.19. The van der Waals surface area contributed by atoms with Gasteiger partial charge in [-0.1, -0.05) is 19.1 Å². The molecule has 1 N–H and O–H groups in total. The molecular formula is C21H25N5O. The number of allylic oxidation sites excluding steroid dienone is 2. The standard InChI is InChI=1S/C21H25N5O/c1-4-15(10-22)16-5-6-20-17(9-16)14(2)11-26(20)21-18-12-25(13-27)8-7-19(18)24(3)23-21/h4-6,9-10,13-14,22H,7-8,11-12H2,1-3H3/b15-4+,22-10?. The number of rotatable bonds is 4. The lowest BCUT2D eigenvalue weighted by atomic mass is 9.97. The number of carbonyl (C=O) groups excluding carboxylic acids is 1. The van der Waals surface area contributed by atoms with Crippen LogP contribution in [-0.4, -0.2) is 40.4 Å². The number of hydrogen-bond acceptors (Lipinski definition) is 4. The first-order chi connectivity index (χ1) is 13.1. The van der Waals surface area contributed by atoms with Crippen LogP contribution in [0.1, 0.15) is 42.1 Å². The first kappa shape index (κ1) is 17.5. The SMILES string of the molecule is C/C=C(\C=N)c1ccc2c(c1)C(C)CN2c1nn(C)c2c1CN(C=O)CC2. The molecule has 27 heavy (non-hydrogen) atoms. The van der Waals surface area contributed by atoms with Crippen molar-refractivity contribution < 1.29 is 4.79 Å². The summed E-state index contributed by atoms with van der Waals surface area (Å²) in [4.78, 5) is 15.4. The number of amides is 1. The Bertz CT molecular complexity index is 942. The Morgan fingerprint density at radius 3 is 2.89 bits per heavy atom. The highest BCUT2D eigenvalue weighted by molar-refractivity contribution is 6.08. The highest BCUT2D eigenvalue weighted by atomic mass is 16.1. The molecule has 1 unspecified atom stereocenters. The number of anilines is 2. The van der Waals surface area contributed by atoms with Crippen LogP contribution in [0.3, 0.4) is 0 Å². The third-order valence-electron chi connectivity index (χ3n) is 5.76. The lowest BCUT2D eigenvalue weighted by molar-refractivity contribution is -0.118. The largest absolute Gasteiger partial charge is 0.340 e. The Morgan fingerprint density at radius 1 is 1.37 bits per heavy atom. The summed E-state index contributed by atoms with van der Waals surface area (Å²) >= 11 is 0. The maximum atomic E-state index is 11.3. The van der Waals surface area contributed by atoms with Gasteiger partial charge < -0.3 is 15.2 Å². The van der Waals surface area contributed by atoms with Crippen molar-refractivity contribution in [1.29, 1.82) is 5.41 Å². The van der Waals surface area contributed by atoms with Gasteiger partial charge in [-0.15, -0.1) is 0 Å². The van der Waals surface area contributed by atoms with E-state index in [4.69, 9.17) is 10.5 Å². The van der Waals surface area contributed by atoms with E-state index in [0.717, 1.165) is 48.4 Å². The van der Waals surface area contributed by atoms with Crippen molar-refractivity contribution in [2.75, 3.05) is 18.0 Å². The normalized spacial score (nSPS) is 19.1. The van der Waals surface area contributed by atoms with Gasteiger partial charge in [0.1, 0.15) is 0 Å². The van der Waals surface area contributed by atoms with Crippen LogP contribution in [0.25, 0.3) is 5.57 Å². The zero-order chi connectivity index (χ0) is 19.1. The van der Waals surface area contributed by atoms with E-state index in [1.807, 2.05) is 29.6 Å². The molecule has 2 aromatic rings. The number of nitrogens with zero attached hydrogens (tertiary/aromatic N) is 4. The number of aromatic nitrogens is 2. The third kappa shape index (κ3) is 2.76. The van der Waals surface area contributed by atoms with Gasteiger partial charge in [-0.05, 0) is 35.8 Å². The predicted molar refractivity (Wildman–Crippen MR) is 108 cm³/mol. The topological polar surface area (TPSA) is 65.2 Å². The van der Waals surface area contributed by atoms with Crippen LogP contribution in [0.4, 0.5) is 11.5 Å². The molecule has 0 bridgehead atoms. The molecule has 0 spiro atoms. The van der Waals surface area contributed by atoms with Gasteiger partial charge in [0.15, 0.2) is 5.82 Å². The molecule has 0 saturated carbocycles. The number of aryl methyl sites for hydroxylation is 1. The number of hydrogen-bond donors (Lipinski definition) is 1. The first-order valence-corrected chi connectivity index (χ1v) is 9.40. The highest BCUT2D eigenvalue weighted by Gasteiger charge is 2.33. The van der Waals surface area contributed by atoms with Crippen LogP contribution >= 0.6 is 0 Å². The molecule has 0 fully saturated rings. The Kier molecular flexibility index (Phi) is 4.34. The molecular weight excluding hydrogens is 338 g/mol. The van der Waals surface area contributed by atoms with Gasteiger partial charge in [0.25, 0.3) is 0 Å². The Labute approximate surface area is 159 Å². The minimum absolute atomic E-state index is 0.382. The van der Waals surface area contributed by atoms with Crippen molar-refractivity contribution >= 4 is 29.7 Å². The van der Waals surface area contributed by atoms with Gasteiger partial charge in [-0.2, -0.15) is 5.10 Å². The molecule has 4 rings (SSSR count). The lowest BCUT2D eigenvalue weighted by Gasteiger charge is -2.26. The second-order valence-corrected chi connectivity index (χ2v) is 7.37. The third-order valence-corrected chi connectivity index (χ3v) is 5.76. The average molecular weight is 363 g/mol. The van der Waals surface area contributed by atoms with E-state index in [2.05, 4.69) is 30.0 Å². The molecule has 2 aliphatic heterocycles. The number of carbonyl (C=O) groups is 1. The summed E-state index contributed by atoms with van der Waals surface area (Å²) in [6.45, 7) is 6.44. The van der Waals surface area contributed by atoms with E-state index < -0.39 is 0 Å². The molecule has 6 heteroatoms. The summed E-state index contributed by atoms with van der Waals surface area (Å²) in [6, 6.07) is 6.42. The molecule has 1 amide bonds. The van der Waals surface area contributed by atoms with Gasteiger partial charge >= 0.3 is 0 Å². The van der Waals surface area contributed by atoms with Gasteiger partial charge in [-0.3, -0.25) is 9.48 Å². The van der Waals surface area contributed by atoms with E-state index in [1.165, 1.54) is 23.2 Å². The quantitative estimate of drug-likeness (QED) is 0.670. The van der Waals surface area contributed by atoms with E-state index in [-0.39, 0.29) is 0 Å². The minimum atomic E-state index is 0.382. The van der Waals surface area contributed by atoms with Crippen molar-refractivity contribution in [2.45, 2.75) is 32.7 Å². The van der Waals surface area contributed by atoms with Crippen molar-refractivity contribution in [3.05, 3.63) is 46.7 Å². The minimum Gasteiger partial charge on any atom is -0.340 e. The number of fused-ring (bicyclic) bond motifs is 2. The van der Waals surface area contributed by atoms with E-state index in [9.17, 15) is 4.79 Å². The van der Waals surface area contributed by atoms with Crippen LogP contribution in [0, 0.1) is 5.41 Å². The summed E-state index contributed by atoms with van der Waals surface area (Å²) in [6.07, 6.45) is 5.15. The smallest absolute Gasteiger partial charge is 0.210 e. The molecule has 3 heterocycles. The summed E-state index contributed by atoms with van der Waals surface area (Å²) < 4.78 is 1.97. The number of benzene rings is 1. The van der Waals surface area contributed by atoms with Crippen molar-refractivity contribution in [2.24, 2.45) is 7.05 Å². The van der Waals surface area contributed by atoms with Gasteiger partial charge in [0, 0.05) is 55.6 Å². The van der Waals surface area contributed by atoms with E-state index in [0.29, 0.717) is 12.5 Å². The monoisotopic (exact) mass is 363 g/mol. The van der Waals surface area contributed by atoms with E-state index >= 15 is 0 Å². The fourth-order valence-corrected chi connectivity index (χ4v) is 4.28. The van der Waals surface area contributed by atoms with Crippen LogP contribution in [0.5, 0.6) is 0 Å². The van der Waals surface area contributed by atoms with Crippen LogP contribution in [0.2, 0.25) is 0 Å². The molecule has 0 radical (unpaired) electrons. The zero-order valence-electron chi connectivity index (χ0n) is 16.1. The molecule has 140 valence electrons. The van der Waals surface area contributed by atoms with Crippen molar-refractivity contribution in [1.82, 2.24) is 14.7 Å². The van der Waals surface area contributed by atoms with Crippen molar-refractivity contribution in [3.8, 4) is 0 Å². The summed E-state index contributed by atoms with van der Waals surface area (Å²) in [5, 5.41) is 12.4. The molecule has 1 aromatic heterocycles. The fourth-order valence-electron chi connectivity index (χ4n) is 4.28. The second kappa shape index (κ2) is 6.68. The van der Waals surface area contributed by atoms with E-state index in [1.54, 1.807) is 0 Å². The van der Waals surface area contributed by atoms with Crippen LogP contribution < -0.4 is 4.90 Å². The van der Waals surface area contributed by atoms with Gasteiger partial charge in [0.2, 0.25) is 6.41 Å². The Hall–Kier alpha value is -2.89. The van der Waals surface area contributed by atoms with Crippen LogP contribution in [-0.2, 0) is 24.8 Å².